The van der Waals surface area contributed by atoms with Crippen LogP contribution in [0.2, 0.25) is 0 Å². The molecule has 19 heavy (non-hydrogen) atoms. The summed E-state index contributed by atoms with van der Waals surface area (Å²) in [4.78, 5) is 37.0. The molecule has 0 bridgehead atoms. The molecule has 0 spiro atoms. The van der Waals surface area contributed by atoms with Gasteiger partial charge in [0.2, 0.25) is 11.8 Å². The minimum absolute atomic E-state index is 0.0376. The molecule has 2 N–H and O–H groups in total. The first-order valence-electron chi connectivity index (χ1n) is 5.57. The lowest BCUT2D eigenvalue weighted by molar-refractivity contribution is -0.143. The number of amides is 2. The summed E-state index contributed by atoms with van der Waals surface area (Å²) in [5.74, 6) is -3.27. The van der Waals surface area contributed by atoms with Gasteiger partial charge in [0.15, 0.2) is 11.0 Å². The quantitative estimate of drug-likeness (QED) is 0.302. The van der Waals surface area contributed by atoms with Gasteiger partial charge in [-0.2, -0.15) is 0 Å². The summed E-state index contributed by atoms with van der Waals surface area (Å²) in [5, 5.41) is 4.54. The average Bonchev–Trinajstić information content (AvgIpc) is 2.26. The third-order valence-corrected chi connectivity index (χ3v) is 2.42. The van der Waals surface area contributed by atoms with Crippen LogP contribution in [0.1, 0.15) is 6.92 Å². The van der Waals surface area contributed by atoms with E-state index in [1.807, 2.05) is 0 Å². The van der Waals surface area contributed by atoms with Gasteiger partial charge in [-0.05, 0) is 19.1 Å². The molecule has 104 valence electrons. The van der Waals surface area contributed by atoms with Gasteiger partial charge in [-0.15, -0.1) is 0 Å². The molecule has 0 aromatic carbocycles. The van der Waals surface area contributed by atoms with E-state index in [2.05, 4.69) is 10.6 Å². The van der Waals surface area contributed by atoms with Gasteiger partial charge in [-0.1, -0.05) is 0 Å². The van der Waals surface area contributed by atoms with Crippen LogP contribution in [0.15, 0.2) is 11.8 Å². The van der Waals surface area contributed by atoms with Gasteiger partial charge >= 0.3 is 5.97 Å². The zero-order chi connectivity index (χ0) is 14.6. The predicted molar refractivity (Wildman–Crippen MR) is 70.8 cm³/mol. The predicted octanol–water partition coefficient (Wildman–Crippen LogP) is -0.858. The lowest BCUT2D eigenvalue weighted by Crippen LogP contribution is -2.56. The number of nitrogens with zero attached hydrogens (tertiary/aromatic N) is 1. The van der Waals surface area contributed by atoms with E-state index in [0.717, 1.165) is 0 Å². The highest BCUT2D eigenvalue weighted by Crippen LogP contribution is 2.17. The monoisotopic (exact) mass is 285 g/mol. The van der Waals surface area contributed by atoms with E-state index in [1.54, 1.807) is 25.9 Å². The van der Waals surface area contributed by atoms with Crippen molar-refractivity contribution < 1.29 is 19.1 Å². The van der Waals surface area contributed by atoms with Gasteiger partial charge in [-0.3, -0.25) is 9.59 Å². The molecule has 0 aromatic rings. The molecule has 8 heteroatoms. The van der Waals surface area contributed by atoms with Gasteiger partial charge < -0.3 is 20.3 Å². The second-order valence-electron chi connectivity index (χ2n) is 4.01. The molecule has 1 heterocycles. The van der Waals surface area contributed by atoms with E-state index in [4.69, 9.17) is 17.0 Å². The summed E-state index contributed by atoms with van der Waals surface area (Å²) < 4.78 is 4.85. The van der Waals surface area contributed by atoms with E-state index < -0.39 is 23.7 Å². The normalized spacial score (nSPS) is 16.8. The number of rotatable bonds is 4. The van der Waals surface area contributed by atoms with E-state index in [1.165, 1.54) is 6.20 Å². The van der Waals surface area contributed by atoms with Crippen LogP contribution in [-0.4, -0.2) is 48.5 Å². The lowest BCUT2D eigenvalue weighted by Gasteiger charge is -2.24. The number of carbonyl (C=O) groups excluding carboxylic acids is 3. The fraction of sp³-hybridized carbons (Fsp3) is 0.455. The SMILES string of the molecule is CCOC(=O)/C(=C\N(C)C)C1C(=O)NC(=S)NC1=O. The third-order valence-electron chi connectivity index (χ3n) is 2.22. The maximum atomic E-state index is 11.8. The number of hydrogen-bond donors (Lipinski definition) is 2. The minimum atomic E-state index is -1.27. The Labute approximate surface area is 116 Å². The highest BCUT2D eigenvalue weighted by molar-refractivity contribution is 7.80. The zero-order valence-electron chi connectivity index (χ0n) is 10.9. The summed E-state index contributed by atoms with van der Waals surface area (Å²) in [6, 6.07) is 0. The number of esters is 1. The van der Waals surface area contributed by atoms with Gasteiger partial charge in [0.25, 0.3) is 0 Å². The van der Waals surface area contributed by atoms with E-state index >= 15 is 0 Å². The number of hydrogen-bond acceptors (Lipinski definition) is 6. The van der Waals surface area contributed by atoms with Crippen LogP contribution >= 0.6 is 12.2 Å². The van der Waals surface area contributed by atoms with E-state index in [0.29, 0.717) is 0 Å². The Morgan fingerprint density at radius 2 is 1.89 bits per heavy atom. The molecule has 0 unspecified atom stereocenters. The van der Waals surface area contributed by atoms with Crippen LogP contribution in [0, 0.1) is 5.92 Å². The standard InChI is InChI=1S/C11H15N3O4S/c1-4-18-10(17)6(5-14(2)3)7-8(15)12-11(19)13-9(7)16/h5,7H,4H2,1-3H3,(H2,12,13,15,16,19)/b6-5-. The van der Waals surface area contributed by atoms with Gasteiger partial charge in [0.1, 0.15) is 0 Å². The van der Waals surface area contributed by atoms with Crippen molar-refractivity contribution in [1.29, 1.82) is 0 Å². The van der Waals surface area contributed by atoms with Crippen LogP contribution in [0.5, 0.6) is 0 Å². The van der Waals surface area contributed by atoms with Crippen molar-refractivity contribution in [3.63, 3.8) is 0 Å². The fourth-order valence-electron chi connectivity index (χ4n) is 1.54. The topological polar surface area (TPSA) is 87.7 Å². The molecule has 0 radical (unpaired) electrons. The molecule has 2 amide bonds. The smallest absolute Gasteiger partial charge is 0.336 e. The van der Waals surface area contributed by atoms with Crippen LogP contribution in [0.25, 0.3) is 0 Å². The van der Waals surface area contributed by atoms with E-state index in [-0.39, 0.29) is 17.3 Å². The Bertz CT molecular complexity index is 439. The van der Waals surface area contributed by atoms with Crippen molar-refractivity contribution in [1.82, 2.24) is 15.5 Å². The second kappa shape index (κ2) is 6.28. The number of carbonyl (C=O) groups is 3. The number of thiocarbonyl (C=S) groups is 1. The number of nitrogens with one attached hydrogen (secondary N) is 2. The molecule has 1 fully saturated rings. The Morgan fingerprint density at radius 3 is 2.32 bits per heavy atom. The van der Waals surface area contributed by atoms with Crippen molar-refractivity contribution in [3.8, 4) is 0 Å². The van der Waals surface area contributed by atoms with Crippen molar-refractivity contribution in [2.75, 3.05) is 20.7 Å². The maximum absolute atomic E-state index is 11.8. The van der Waals surface area contributed by atoms with Gasteiger partial charge in [0, 0.05) is 20.3 Å². The largest absolute Gasteiger partial charge is 0.463 e. The molecule has 1 rings (SSSR count). The zero-order valence-corrected chi connectivity index (χ0v) is 11.7. The molecule has 1 saturated heterocycles. The van der Waals surface area contributed by atoms with Crippen LogP contribution in [0.3, 0.4) is 0 Å². The van der Waals surface area contributed by atoms with Crippen molar-refractivity contribution >= 4 is 35.1 Å². The molecular weight excluding hydrogens is 270 g/mol. The van der Waals surface area contributed by atoms with Crippen molar-refractivity contribution in [2.45, 2.75) is 6.92 Å². The lowest BCUT2D eigenvalue weighted by atomic mass is 9.96. The Kier molecular flexibility index (Phi) is 4.99. The second-order valence-corrected chi connectivity index (χ2v) is 4.42. The Hall–Kier alpha value is -1.96. The molecule has 1 aliphatic rings. The first-order valence-corrected chi connectivity index (χ1v) is 5.98. The number of ether oxygens (including phenoxy) is 1. The Morgan fingerprint density at radius 1 is 1.37 bits per heavy atom. The van der Waals surface area contributed by atoms with Crippen LogP contribution in [0.4, 0.5) is 0 Å². The van der Waals surface area contributed by atoms with Crippen molar-refractivity contribution in [2.24, 2.45) is 5.92 Å². The highest BCUT2D eigenvalue weighted by atomic mass is 32.1. The summed E-state index contributed by atoms with van der Waals surface area (Å²) in [5.41, 5.74) is -0.0376. The average molecular weight is 285 g/mol. The maximum Gasteiger partial charge on any atom is 0.336 e. The van der Waals surface area contributed by atoms with Crippen molar-refractivity contribution in [3.05, 3.63) is 11.8 Å². The first kappa shape index (κ1) is 15.1. The molecule has 1 aliphatic heterocycles. The Balaban J connectivity index is 3.10. The van der Waals surface area contributed by atoms with Crippen LogP contribution in [-0.2, 0) is 19.1 Å². The summed E-state index contributed by atoms with van der Waals surface area (Å²) in [6.45, 7) is 1.79. The first-order chi connectivity index (χ1) is 8.86. The highest BCUT2D eigenvalue weighted by Gasteiger charge is 2.39. The minimum Gasteiger partial charge on any atom is -0.463 e. The summed E-state index contributed by atoms with van der Waals surface area (Å²) in [7, 11) is 3.34. The summed E-state index contributed by atoms with van der Waals surface area (Å²) >= 11 is 4.69. The molecule has 0 aliphatic carbocycles. The van der Waals surface area contributed by atoms with Crippen LogP contribution < -0.4 is 10.6 Å². The van der Waals surface area contributed by atoms with Gasteiger partial charge in [-0.25, -0.2) is 4.79 Å². The summed E-state index contributed by atoms with van der Waals surface area (Å²) in [6.07, 6.45) is 1.39. The molecule has 7 nitrogen and oxygen atoms in total. The van der Waals surface area contributed by atoms with Gasteiger partial charge in [0.05, 0.1) is 12.2 Å². The third kappa shape index (κ3) is 3.75. The molecule has 0 atom stereocenters. The fourth-order valence-corrected chi connectivity index (χ4v) is 1.74. The molecule has 0 saturated carbocycles. The van der Waals surface area contributed by atoms with E-state index in [9.17, 15) is 14.4 Å². The molecular formula is C11H15N3O4S. The molecule has 0 aromatic heterocycles.